The molecule has 9 heteroatoms. The molecule has 7 nitrogen and oxygen atoms in total. The molecule has 2 rings (SSSR count). The van der Waals surface area contributed by atoms with Crippen molar-refractivity contribution in [2.75, 3.05) is 39.4 Å². The molecule has 1 heterocycles. The highest BCUT2D eigenvalue weighted by atomic mass is 35.5. The van der Waals surface area contributed by atoms with Crippen LogP contribution in [0.4, 0.5) is 5.69 Å². The Morgan fingerprint density at radius 2 is 2.09 bits per heavy atom. The molecule has 1 aliphatic heterocycles. The van der Waals surface area contributed by atoms with E-state index in [0.717, 1.165) is 13.1 Å². The molecule has 0 spiro atoms. The Labute approximate surface area is 139 Å². The monoisotopic (exact) mass is 349 g/mol. The zero-order valence-corrected chi connectivity index (χ0v) is 13.4. The Hall–Kier alpha value is -1.41. The number of nitro groups is 1. The summed E-state index contributed by atoms with van der Waals surface area (Å²) in [4.78, 5) is 24.5. The number of rotatable bonds is 5. The van der Waals surface area contributed by atoms with Gasteiger partial charge in [-0.05, 0) is 12.1 Å². The fraction of sp³-hybridized carbons (Fsp3) is 0.462. The summed E-state index contributed by atoms with van der Waals surface area (Å²) in [6.45, 7) is 4.16. The highest BCUT2D eigenvalue weighted by Gasteiger charge is 2.20. The lowest BCUT2D eigenvalue weighted by Crippen LogP contribution is -2.41. The van der Waals surface area contributed by atoms with Crippen molar-refractivity contribution in [2.24, 2.45) is 0 Å². The Balaban J connectivity index is 0.00000242. The third-order valence-corrected chi connectivity index (χ3v) is 3.45. The second-order valence-corrected chi connectivity index (χ2v) is 5.06. The second-order valence-electron chi connectivity index (χ2n) is 4.63. The molecule has 1 N–H and O–H groups in total. The van der Waals surface area contributed by atoms with Gasteiger partial charge in [0.1, 0.15) is 5.56 Å². The molecule has 122 valence electrons. The molecular weight excluding hydrogens is 333 g/mol. The molecule has 0 aliphatic carbocycles. The van der Waals surface area contributed by atoms with Gasteiger partial charge in [-0.15, -0.1) is 12.4 Å². The predicted octanol–water partition coefficient (Wildman–Crippen LogP) is 1.73. The van der Waals surface area contributed by atoms with E-state index < -0.39 is 10.8 Å². The van der Waals surface area contributed by atoms with Crippen molar-refractivity contribution in [2.45, 2.75) is 0 Å². The molecule has 1 aromatic rings. The van der Waals surface area contributed by atoms with Crippen molar-refractivity contribution in [3.05, 3.63) is 38.9 Å². The largest absolute Gasteiger partial charge is 0.379 e. The maximum absolute atomic E-state index is 12.0. The number of nitro benzene ring substituents is 1. The fourth-order valence-electron chi connectivity index (χ4n) is 2.10. The van der Waals surface area contributed by atoms with E-state index >= 15 is 0 Å². The summed E-state index contributed by atoms with van der Waals surface area (Å²) in [6.07, 6.45) is 0. The van der Waals surface area contributed by atoms with Crippen molar-refractivity contribution in [3.63, 3.8) is 0 Å². The van der Waals surface area contributed by atoms with Crippen molar-refractivity contribution in [1.29, 1.82) is 0 Å². The highest BCUT2D eigenvalue weighted by Crippen LogP contribution is 2.22. The first-order chi connectivity index (χ1) is 10.1. The quantitative estimate of drug-likeness (QED) is 0.646. The lowest BCUT2D eigenvalue weighted by molar-refractivity contribution is -0.385. The number of hydrogen-bond donors (Lipinski definition) is 1. The van der Waals surface area contributed by atoms with E-state index in [1.54, 1.807) is 0 Å². The summed E-state index contributed by atoms with van der Waals surface area (Å²) in [5.41, 5.74) is -0.266. The van der Waals surface area contributed by atoms with Crippen LogP contribution in [0.25, 0.3) is 0 Å². The molecule has 22 heavy (non-hydrogen) atoms. The third-order valence-electron chi connectivity index (χ3n) is 3.22. The van der Waals surface area contributed by atoms with Crippen LogP contribution in [-0.4, -0.2) is 55.1 Å². The van der Waals surface area contributed by atoms with Gasteiger partial charge in [-0.25, -0.2) is 0 Å². The number of benzene rings is 1. The zero-order valence-electron chi connectivity index (χ0n) is 11.8. The zero-order chi connectivity index (χ0) is 15.2. The van der Waals surface area contributed by atoms with Gasteiger partial charge in [0, 0.05) is 37.3 Å². The average Bonchev–Trinajstić information content (AvgIpc) is 2.48. The molecule has 1 amide bonds. The number of nitrogens with zero attached hydrogens (tertiary/aromatic N) is 2. The third kappa shape index (κ3) is 5.10. The SMILES string of the molecule is Cl.O=C(NCCN1CCOCC1)c1ccc(Cl)cc1[N+](=O)[O-]. The van der Waals surface area contributed by atoms with Crippen LogP contribution in [0.15, 0.2) is 18.2 Å². The first-order valence-corrected chi connectivity index (χ1v) is 6.98. The maximum atomic E-state index is 12.0. The van der Waals surface area contributed by atoms with Crippen LogP contribution in [0.2, 0.25) is 5.02 Å². The van der Waals surface area contributed by atoms with Crippen LogP contribution in [0, 0.1) is 10.1 Å². The van der Waals surface area contributed by atoms with Crippen molar-refractivity contribution < 1.29 is 14.5 Å². The molecular formula is C13H17Cl2N3O4. The Morgan fingerprint density at radius 3 is 2.73 bits per heavy atom. The van der Waals surface area contributed by atoms with Gasteiger partial charge < -0.3 is 10.1 Å². The lowest BCUT2D eigenvalue weighted by atomic mass is 10.1. The van der Waals surface area contributed by atoms with E-state index in [2.05, 4.69) is 10.2 Å². The highest BCUT2D eigenvalue weighted by molar-refractivity contribution is 6.31. The van der Waals surface area contributed by atoms with Crippen molar-refractivity contribution in [3.8, 4) is 0 Å². The topological polar surface area (TPSA) is 84.7 Å². The molecule has 0 aromatic heterocycles. The minimum Gasteiger partial charge on any atom is -0.379 e. The van der Waals surface area contributed by atoms with Crippen LogP contribution in [-0.2, 0) is 4.74 Å². The van der Waals surface area contributed by atoms with Crippen LogP contribution < -0.4 is 5.32 Å². The van der Waals surface area contributed by atoms with E-state index in [4.69, 9.17) is 16.3 Å². The number of carbonyl (C=O) groups excluding carboxylic acids is 1. The Kier molecular flexibility index (Phi) is 7.53. The molecule has 0 radical (unpaired) electrons. The summed E-state index contributed by atoms with van der Waals surface area (Å²) >= 11 is 5.72. The number of amides is 1. The van der Waals surface area contributed by atoms with Gasteiger partial charge in [-0.3, -0.25) is 19.8 Å². The van der Waals surface area contributed by atoms with Gasteiger partial charge in [0.15, 0.2) is 0 Å². The van der Waals surface area contributed by atoms with Gasteiger partial charge in [-0.1, -0.05) is 11.6 Å². The number of hydrogen-bond acceptors (Lipinski definition) is 5. The average molecular weight is 350 g/mol. The van der Waals surface area contributed by atoms with Crippen molar-refractivity contribution in [1.82, 2.24) is 10.2 Å². The number of morpholine rings is 1. The molecule has 1 saturated heterocycles. The maximum Gasteiger partial charge on any atom is 0.283 e. The van der Waals surface area contributed by atoms with Gasteiger partial charge in [0.05, 0.1) is 18.1 Å². The van der Waals surface area contributed by atoms with Gasteiger partial charge >= 0.3 is 0 Å². The Bertz CT molecular complexity index is 536. The number of ether oxygens (including phenoxy) is 1. The molecule has 0 saturated carbocycles. The summed E-state index contributed by atoms with van der Waals surface area (Å²) in [5.74, 6) is -0.466. The number of halogens is 2. The lowest BCUT2D eigenvalue weighted by Gasteiger charge is -2.26. The van der Waals surface area contributed by atoms with Gasteiger partial charge in [0.25, 0.3) is 11.6 Å². The predicted molar refractivity (Wildman–Crippen MR) is 84.9 cm³/mol. The van der Waals surface area contributed by atoms with Crippen LogP contribution >= 0.6 is 24.0 Å². The molecule has 1 aliphatic rings. The van der Waals surface area contributed by atoms with Crippen LogP contribution in [0.1, 0.15) is 10.4 Å². The number of carbonyl (C=O) groups is 1. The molecule has 1 fully saturated rings. The van der Waals surface area contributed by atoms with E-state index in [1.165, 1.54) is 18.2 Å². The number of nitrogens with one attached hydrogen (secondary N) is 1. The van der Waals surface area contributed by atoms with E-state index in [0.29, 0.717) is 26.3 Å². The first kappa shape index (κ1) is 18.6. The van der Waals surface area contributed by atoms with Crippen molar-refractivity contribution >= 4 is 35.6 Å². The second kappa shape index (κ2) is 8.89. The summed E-state index contributed by atoms with van der Waals surface area (Å²) in [6, 6.07) is 4.01. The minimum atomic E-state index is -0.608. The molecule has 1 aromatic carbocycles. The molecule has 0 bridgehead atoms. The smallest absolute Gasteiger partial charge is 0.283 e. The normalized spacial score (nSPS) is 15.0. The summed E-state index contributed by atoms with van der Waals surface area (Å²) in [7, 11) is 0. The van der Waals surface area contributed by atoms with Crippen LogP contribution in [0.5, 0.6) is 0 Å². The standard InChI is InChI=1S/C13H16ClN3O4.ClH/c14-10-1-2-11(12(9-10)17(19)20)13(18)15-3-4-16-5-7-21-8-6-16;/h1-2,9H,3-8H2,(H,15,18);1H. The summed E-state index contributed by atoms with van der Waals surface area (Å²) < 4.78 is 5.23. The van der Waals surface area contributed by atoms with E-state index in [1.807, 2.05) is 0 Å². The van der Waals surface area contributed by atoms with E-state index in [-0.39, 0.29) is 28.7 Å². The van der Waals surface area contributed by atoms with Crippen LogP contribution in [0.3, 0.4) is 0 Å². The van der Waals surface area contributed by atoms with Gasteiger partial charge in [-0.2, -0.15) is 0 Å². The Morgan fingerprint density at radius 1 is 1.41 bits per heavy atom. The first-order valence-electron chi connectivity index (χ1n) is 6.60. The molecule has 0 unspecified atom stereocenters. The van der Waals surface area contributed by atoms with E-state index in [9.17, 15) is 14.9 Å². The summed E-state index contributed by atoms with van der Waals surface area (Å²) in [5, 5.41) is 13.9. The minimum absolute atomic E-state index is 0. The van der Waals surface area contributed by atoms with Gasteiger partial charge in [0.2, 0.25) is 0 Å². The molecule has 0 atom stereocenters. The fourth-order valence-corrected chi connectivity index (χ4v) is 2.26.